The van der Waals surface area contributed by atoms with Gasteiger partial charge in [0, 0.05) is 6.07 Å². The summed E-state index contributed by atoms with van der Waals surface area (Å²) in [7, 11) is 1.63. The molecule has 1 rings (SSSR count). The minimum absolute atomic E-state index is 0.161. The predicted molar refractivity (Wildman–Crippen MR) is 67.0 cm³/mol. The fourth-order valence-electron chi connectivity index (χ4n) is 1.67. The van der Waals surface area contributed by atoms with E-state index in [9.17, 15) is 0 Å². The standard InChI is InChI=1S/C13H21NO2/c1-9(2)7-10(3)16-13-8-11(15-4)5-6-12(13)14/h5-6,8-10H,7,14H2,1-4H3. The van der Waals surface area contributed by atoms with Crippen LogP contribution in [0, 0.1) is 5.92 Å². The Bertz CT molecular complexity index is 337. The summed E-state index contributed by atoms with van der Waals surface area (Å²) < 4.78 is 10.9. The molecule has 0 aliphatic rings. The molecule has 0 aromatic heterocycles. The van der Waals surface area contributed by atoms with E-state index in [0.29, 0.717) is 17.4 Å². The van der Waals surface area contributed by atoms with Crippen LogP contribution in [0.3, 0.4) is 0 Å². The Morgan fingerprint density at radius 2 is 1.94 bits per heavy atom. The van der Waals surface area contributed by atoms with Crippen LogP contribution in [0.25, 0.3) is 0 Å². The van der Waals surface area contributed by atoms with Crippen molar-refractivity contribution in [1.29, 1.82) is 0 Å². The van der Waals surface area contributed by atoms with Crippen LogP contribution < -0.4 is 15.2 Å². The highest BCUT2D eigenvalue weighted by atomic mass is 16.5. The van der Waals surface area contributed by atoms with Crippen LogP contribution in [0.2, 0.25) is 0 Å². The van der Waals surface area contributed by atoms with Crippen molar-refractivity contribution >= 4 is 5.69 Å². The first kappa shape index (κ1) is 12.7. The van der Waals surface area contributed by atoms with Gasteiger partial charge in [-0.1, -0.05) is 13.8 Å². The van der Waals surface area contributed by atoms with E-state index in [4.69, 9.17) is 15.2 Å². The summed E-state index contributed by atoms with van der Waals surface area (Å²) in [5.74, 6) is 2.08. The molecular weight excluding hydrogens is 202 g/mol. The van der Waals surface area contributed by atoms with E-state index in [2.05, 4.69) is 20.8 Å². The third kappa shape index (κ3) is 3.65. The number of anilines is 1. The number of benzene rings is 1. The summed E-state index contributed by atoms with van der Waals surface area (Å²) in [4.78, 5) is 0. The summed E-state index contributed by atoms with van der Waals surface area (Å²) in [5.41, 5.74) is 6.49. The zero-order chi connectivity index (χ0) is 12.1. The van der Waals surface area contributed by atoms with Crippen LogP contribution in [0.4, 0.5) is 5.69 Å². The first-order valence-electron chi connectivity index (χ1n) is 5.63. The van der Waals surface area contributed by atoms with Gasteiger partial charge in [0.1, 0.15) is 11.5 Å². The Balaban J connectivity index is 2.71. The second kappa shape index (κ2) is 5.64. The molecule has 0 heterocycles. The molecule has 0 radical (unpaired) electrons. The first-order valence-corrected chi connectivity index (χ1v) is 5.63. The van der Waals surface area contributed by atoms with Crippen molar-refractivity contribution in [2.24, 2.45) is 5.92 Å². The van der Waals surface area contributed by atoms with Crippen LogP contribution in [-0.4, -0.2) is 13.2 Å². The van der Waals surface area contributed by atoms with Gasteiger partial charge in [-0.25, -0.2) is 0 Å². The average Bonchev–Trinajstić information content (AvgIpc) is 2.20. The fraction of sp³-hybridized carbons (Fsp3) is 0.538. The Kier molecular flexibility index (Phi) is 4.47. The van der Waals surface area contributed by atoms with Crippen molar-refractivity contribution in [3.8, 4) is 11.5 Å². The summed E-state index contributed by atoms with van der Waals surface area (Å²) in [6.45, 7) is 6.41. The molecule has 16 heavy (non-hydrogen) atoms. The van der Waals surface area contributed by atoms with Crippen molar-refractivity contribution < 1.29 is 9.47 Å². The largest absolute Gasteiger partial charge is 0.497 e. The smallest absolute Gasteiger partial charge is 0.146 e. The first-order chi connectivity index (χ1) is 7.52. The lowest BCUT2D eigenvalue weighted by atomic mass is 10.1. The number of nitrogen functional groups attached to an aromatic ring is 1. The van der Waals surface area contributed by atoms with Gasteiger partial charge in [0.05, 0.1) is 18.9 Å². The van der Waals surface area contributed by atoms with Crippen molar-refractivity contribution in [1.82, 2.24) is 0 Å². The molecule has 0 fully saturated rings. The minimum Gasteiger partial charge on any atom is -0.497 e. The molecule has 1 unspecified atom stereocenters. The molecule has 0 saturated carbocycles. The lowest BCUT2D eigenvalue weighted by Crippen LogP contribution is -2.15. The molecule has 0 aliphatic heterocycles. The van der Waals surface area contributed by atoms with Gasteiger partial charge < -0.3 is 15.2 Å². The van der Waals surface area contributed by atoms with Crippen LogP contribution in [0.15, 0.2) is 18.2 Å². The number of methoxy groups -OCH3 is 1. The van der Waals surface area contributed by atoms with Gasteiger partial charge in [0.15, 0.2) is 0 Å². The average molecular weight is 223 g/mol. The molecule has 90 valence electrons. The lowest BCUT2D eigenvalue weighted by molar-refractivity contribution is 0.194. The zero-order valence-electron chi connectivity index (χ0n) is 10.5. The molecule has 0 spiro atoms. The van der Waals surface area contributed by atoms with Crippen molar-refractivity contribution in [3.63, 3.8) is 0 Å². The molecular formula is C13H21NO2. The summed E-state index contributed by atoms with van der Waals surface area (Å²) in [5, 5.41) is 0. The van der Waals surface area contributed by atoms with Crippen molar-refractivity contribution in [2.45, 2.75) is 33.3 Å². The third-order valence-electron chi connectivity index (χ3n) is 2.35. The Labute approximate surface area is 97.6 Å². The Morgan fingerprint density at radius 1 is 1.25 bits per heavy atom. The van der Waals surface area contributed by atoms with Gasteiger partial charge in [0.25, 0.3) is 0 Å². The highest BCUT2D eigenvalue weighted by Crippen LogP contribution is 2.28. The van der Waals surface area contributed by atoms with E-state index in [-0.39, 0.29) is 6.10 Å². The Hall–Kier alpha value is -1.38. The molecule has 3 nitrogen and oxygen atoms in total. The highest BCUT2D eigenvalue weighted by molar-refractivity contribution is 5.55. The van der Waals surface area contributed by atoms with Gasteiger partial charge in [-0.15, -0.1) is 0 Å². The SMILES string of the molecule is COc1ccc(N)c(OC(C)CC(C)C)c1. The van der Waals surface area contributed by atoms with Crippen LogP contribution >= 0.6 is 0 Å². The van der Waals surface area contributed by atoms with Crippen LogP contribution in [0.1, 0.15) is 27.2 Å². The maximum Gasteiger partial charge on any atom is 0.146 e. The van der Waals surface area contributed by atoms with E-state index in [0.717, 1.165) is 12.2 Å². The van der Waals surface area contributed by atoms with Crippen LogP contribution in [-0.2, 0) is 0 Å². The fourth-order valence-corrected chi connectivity index (χ4v) is 1.67. The monoisotopic (exact) mass is 223 g/mol. The topological polar surface area (TPSA) is 44.5 Å². The number of ether oxygens (including phenoxy) is 2. The number of hydrogen-bond acceptors (Lipinski definition) is 3. The predicted octanol–water partition coefficient (Wildman–Crippen LogP) is 3.09. The van der Waals surface area contributed by atoms with E-state index in [1.807, 2.05) is 12.1 Å². The second-order valence-electron chi connectivity index (χ2n) is 4.46. The van der Waals surface area contributed by atoms with Gasteiger partial charge in [0.2, 0.25) is 0 Å². The molecule has 1 atom stereocenters. The van der Waals surface area contributed by atoms with E-state index in [1.165, 1.54) is 0 Å². The number of rotatable bonds is 5. The van der Waals surface area contributed by atoms with E-state index in [1.54, 1.807) is 13.2 Å². The number of hydrogen-bond donors (Lipinski definition) is 1. The molecule has 0 bridgehead atoms. The van der Waals surface area contributed by atoms with Gasteiger partial charge in [-0.05, 0) is 31.4 Å². The normalized spacial score (nSPS) is 12.6. The molecule has 2 N–H and O–H groups in total. The Morgan fingerprint density at radius 3 is 2.50 bits per heavy atom. The van der Waals surface area contributed by atoms with Crippen molar-refractivity contribution in [2.75, 3.05) is 12.8 Å². The number of nitrogens with two attached hydrogens (primary N) is 1. The molecule has 0 aliphatic carbocycles. The molecule has 1 aromatic rings. The van der Waals surface area contributed by atoms with Gasteiger partial charge in [-0.3, -0.25) is 0 Å². The summed E-state index contributed by atoms with van der Waals surface area (Å²) in [6.07, 6.45) is 1.17. The van der Waals surface area contributed by atoms with E-state index < -0.39 is 0 Å². The van der Waals surface area contributed by atoms with Gasteiger partial charge in [-0.2, -0.15) is 0 Å². The minimum atomic E-state index is 0.161. The second-order valence-corrected chi connectivity index (χ2v) is 4.46. The molecule has 0 saturated heterocycles. The summed E-state index contributed by atoms with van der Waals surface area (Å²) in [6, 6.07) is 5.46. The maximum absolute atomic E-state index is 5.84. The molecule has 0 amide bonds. The van der Waals surface area contributed by atoms with Gasteiger partial charge >= 0.3 is 0 Å². The summed E-state index contributed by atoms with van der Waals surface area (Å²) >= 11 is 0. The lowest BCUT2D eigenvalue weighted by Gasteiger charge is -2.18. The van der Waals surface area contributed by atoms with E-state index >= 15 is 0 Å². The maximum atomic E-state index is 5.84. The quantitative estimate of drug-likeness (QED) is 0.780. The zero-order valence-corrected chi connectivity index (χ0v) is 10.5. The third-order valence-corrected chi connectivity index (χ3v) is 2.35. The van der Waals surface area contributed by atoms with Crippen molar-refractivity contribution in [3.05, 3.63) is 18.2 Å². The molecule has 1 aromatic carbocycles. The van der Waals surface area contributed by atoms with Crippen LogP contribution in [0.5, 0.6) is 11.5 Å². The highest BCUT2D eigenvalue weighted by Gasteiger charge is 2.09. The molecule has 3 heteroatoms.